The summed E-state index contributed by atoms with van der Waals surface area (Å²) in [5.74, 6) is 6.09. The Morgan fingerprint density at radius 3 is 2.62 bits per heavy atom. The standard InChI is InChI=1S/C16H13NO3S/c18-11-5-8-13-6-1-2-7-14(13)12-21-16-10-4-3-9-15(16)17(19)20/h1-4,6-7,9-10,18H,11-12H2. The number of hydrogen-bond acceptors (Lipinski definition) is 4. The number of para-hydroxylation sites is 1. The fourth-order valence-electron chi connectivity index (χ4n) is 1.79. The molecule has 106 valence electrons. The summed E-state index contributed by atoms with van der Waals surface area (Å²) in [4.78, 5) is 11.2. The summed E-state index contributed by atoms with van der Waals surface area (Å²) in [5, 5.41) is 19.8. The Kier molecular flexibility index (Phi) is 5.38. The van der Waals surface area contributed by atoms with Gasteiger partial charge in [0, 0.05) is 17.4 Å². The molecule has 0 atom stereocenters. The smallest absolute Gasteiger partial charge is 0.282 e. The second-order valence-corrected chi connectivity index (χ2v) is 5.15. The van der Waals surface area contributed by atoms with Crippen molar-refractivity contribution in [2.75, 3.05) is 6.61 Å². The van der Waals surface area contributed by atoms with Crippen LogP contribution in [0.15, 0.2) is 53.4 Å². The topological polar surface area (TPSA) is 63.4 Å². The van der Waals surface area contributed by atoms with Gasteiger partial charge in [-0.25, -0.2) is 0 Å². The first kappa shape index (κ1) is 15.1. The lowest BCUT2D eigenvalue weighted by atomic mass is 10.1. The highest BCUT2D eigenvalue weighted by Gasteiger charge is 2.13. The van der Waals surface area contributed by atoms with Crippen LogP contribution in [0.1, 0.15) is 11.1 Å². The van der Waals surface area contributed by atoms with E-state index in [9.17, 15) is 10.1 Å². The van der Waals surface area contributed by atoms with E-state index < -0.39 is 0 Å². The Morgan fingerprint density at radius 1 is 1.14 bits per heavy atom. The van der Waals surface area contributed by atoms with Crippen molar-refractivity contribution in [1.82, 2.24) is 0 Å². The molecule has 2 aromatic rings. The van der Waals surface area contributed by atoms with Crippen LogP contribution in [-0.4, -0.2) is 16.6 Å². The van der Waals surface area contributed by atoms with Gasteiger partial charge in [-0.15, -0.1) is 11.8 Å². The highest BCUT2D eigenvalue weighted by molar-refractivity contribution is 7.98. The van der Waals surface area contributed by atoms with E-state index in [0.717, 1.165) is 11.1 Å². The van der Waals surface area contributed by atoms with Gasteiger partial charge in [-0.3, -0.25) is 10.1 Å². The summed E-state index contributed by atoms with van der Waals surface area (Å²) in [7, 11) is 0. The largest absolute Gasteiger partial charge is 0.384 e. The van der Waals surface area contributed by atoms with Gasteiger partial charge in [-0.2, -0.15) is 0 Å². The first-order valence-corrected chi connectivity index (χ1v) is 7.25. The van der Waals surface area contributed by atoms with Crippen LogP contribution in [0.3, 0.4) is 0 Å². The van der Waals surface area contributed by atoms with Gasteiger partial charge in [-0.1, -0.05) is 42.2 Å². The average Bonchev–Trinajstić information content (AvgIpc) is 2.52. The third-order valence-corrected chi connectivity index (χ3v) is 3.88. The highest BCUT2D eigenvalue weighted by Crippen LogP contribution is 2.31. The molecule has 0 saturated heterocycles. The van der Waals surface area contributed by atoms with E-state index in [2.05, 4.69) is 11.8 Å². The van der Waals surface area contributed by atoms with E-state index in [1.54, 1.807) is 18.2 Å². The van der Waals surface area contributed by atoms with Gasteiger partial charge in [-0.05, 0) is 17.7 Å². The molecule has 0 bridgehead atoms. The van der Waals surface area contributed by atoms with Gasteiger partial charge < -0.3 is 5.11 Å². The number of nitrogens with zero attached hydrogens (tertiary/aromatic N) is 1. The number of aliphatic hydroxyl groups excluding tert-OH is 1. The van der Waals surface area contributed by atoms with Crippen molar-refractivity contribution < 1.29 is 10.0 Å². The second kappa shape index (κ2) is 7.48. The number of hydrogen-bond donors (Lipinski definition) is 1. The normalized spacial score (nSPS) is 9.76. The molecule has 0 unspecified atom stereocenters. The summed E-state index contributed by atoms with van der Waals surface area (Å²) in [6.45, 7) is -0.189. The third-order valence-electron chi connectivity index (χ3n) is 2.76. The number of thioether (sulfide) groups is 1. The number of rotatable bonds is 4. The molecule has 0 heterocycles. The molecule has 0 aliphatic rings. The number of nitro groups is 1. The molecular formula is C16H13NO3S. The summed E-state index contributed by atoms with van der Waals surface area (Å²) in [6, 6.07) is 14.3. The lowest BCUT2D eigenvalue weighted by molar-refractivity contribution is -0.387. The predicted molar refractivity (Wildman–Crippen MR) is 83.1 cm³/mol. The average molecular weight is 299 g/mol. The van der Waals surface area contributed by atoms with Crippen molar-refractivity contribution >= 4 is 17.4 Å². The monoisotopic (exact) mass is 299 g/mol. The fourth-order valence-corrected chi connectivity index (χ4v) is 2.82. The van der Waals surface area contributed by atoms with E-state index in [4.69, 9.17) is 5.11 Å². The molecule has 0 aliphatic heterocycles. The minimum atomic E-state index is -0.375. The van der Waals surface area contributed by atoms with E-state index >= 15 is 0 Å². The van der Waals surface area contributed by atoms with Crippen LogP contribution in [0.5, 0.6) is 0 Å². The minimum absolute atomic E-state index is 0.112. The van der Waals surface area contributed by atoms with Gasteiger partial charge in [0.2, 0.25) is 0 Å². The molecule has 1 N–H and O–H groups in total. The molecule has 0 spiro atoms. The Morgan fingerprint density at radius 2 is 1.86 bits per heavy atom. The lowest BCUT2D eigenvalue weighted by Gasteiger charge is -2.05. The van der Waals surface area contributed by atoms with Crippen molar-refractivity contribution in [3.8, 4) is 11.8 Å². The van der Waals surface area contributed by atoms with Crippen molar-refractivity contribution in [1.29, 1.82) is 0 Å². The van der Waals surface area contributed by atoms with E-state index in [-0.39, 0.29) is 17.2 Å². The van der Waals surface area contributed by atoms with Crippen molar-refractivity contribution in [3.63, 3.8) is 0 Å². The summed E-state index contributed by atoms with van der Waals surface area (Å²) in [6.07, 6.45) is 0. The molecule has 0 aromatic heterocycles. The first-order valence-electron chi connectivity index (χ1n) is 6.26. The zero-order chi connectivity index (χ0) is 15.1. The van der Waals surface area contributed by atoms with Crippen LogP contribution in [0, 0.1) is 22.0 Å². The molecule has 4 nitrogen and oxygen atoms in total. The molecule has 0 amide bonds. The predicted octanol–water partition coefficient (Wildman–Crippen LogP) is 3.23. The maximum Gasteiger partial charge on any atom is 0.282 e. The van der Waals surface area contributed by atoms with E-state index in [0.29, 0.717) is 10.6 Å². The Labute approximate surface area is 127 Å². The van der Waals surface area contributed by atoms with Crippen LogP contribution in [0.2, 0.25) is 0 Å². The lowest BCUT2D eigenvalue weighted by Crippen LogP contribution is -1.92. The Balaban J connectivity index is 2.19. The quantitative estimate of drug-likeness (QED) is 0.407. The van der Waals surface area contributed by atoms with Crippen LogP contribution in [-0.2, 0) is 5.75 Å². The number of benzene rings is 2. The summed E-state index contributed by atoms with van der Waals surface area (Å²) in [5.41, 5.74) is 1.93. The van der Waals surface area contributed by atoms with Crippen LogP contribution in [0.25, 0.3) is 0 Å². The van der Waals surface area contributed by atoms with Crippen molar-refractivity contribution in [2.24, 2.45) is 0 Å². The number of nitro benzene ring substituents is 1. The molecule has 0 saturated carbocycles. The second-order valence-electron chi connectivity index (χ2n) is 4.13. The zero-order valence-electron chi connectivity index (χ0n) is 11.2. The van der Waals surface area contributed by atoms with Gasteiger partial charge in [0.15, 0.2) is 0 Å². The maximum absolute atomic E-state index is 11.0. The molecule has 5 heteroatoms. The maximum atomic E-state index is 11.0. The van der Waals surface area contributed by atoms with Crippen molar-refractivity contribution in [3.05, 3.63) is 69.8 Å². The summed E-state index contributed by atoms with van der Waals surface area (Å²) >= 11 is 1.40. The van der Waals surface area contributed by atoms with Crippen LogP contribution >= 0.6 is 11.8 Å². The van der Waals surface area contributed by atoms with E-state index in [1.165, 1.54) is 17.8 Å². The minimum Gasteiger partial charge on any atom is -0.384 e. The van der Waals surface area contributed by atoms with Gasteiger partial charge >= 0.3 is 0 Å². The van der Waals surface area contributed by atoms with Gasteiger partial charge in [0.05, 0.1) is 9.82 Å². The Hall–Kier alpha value is -2.29. The number of aliphatic hydroxyl groups is 1. The highest BCUT2D eigenvalue weighted by atomic mass is 32.2. The Bertz CT molecular complexity index is 704. The van der Waals surface area contributed by atoms with Gasteiger partial charge in [0.25, 0.3) is 5.69 Å². The molecule has 0 aliphatic carbocycles. The van der Waals surface area contributed by atoms with E-state index in [1.807, 2.05) is 24.3 Å². The summed E-state index contributed by atoms with van der Waals surface area (Å²) < 4.78 is 0. The van der Waals surface area contributed by atoms with Crippen molar-refractivity contribution in [2.45, 2.75) is 10.6 Å². The fraction of sp³-hybridized carbons (Fsp3) is 0.125. The molecule has 21 heavy (non-hydrogen) atoms. The van der Waals surface area contributed by atoms with Gasteiger partial charge in [0.1, 0.15) is 6.61 Å². The molecule has 0 fully saturated rings. The van der Waals surface area contributed by atoms with Crippen LogP contribution in [0.4, 0.5) is 5.69 Å². The third kappa shape index (κ3) is 4.09. The SMILES string of the molecule is O=[N+]([O-])c1ccccc1SCc1ccccc1C#CCO. The van der Waals surface area contributed by atoms with Crippen LogP contribution < -0.4 is 0 Å². The molecular weight excluding hydrogens is 286 g/mol. The molecule has 2 aromatic carbocycles. The first-order chi connectivity index (χ1) is 10.2. The molecule has 0 radical (unpaired) electrons. The zero-order valence-corrected chi connectivity index (χ0v) is 12.0. The molecule has 2 rings (SSSR count).